The highest BCUT2D eigenvalue weighted by Crippen LogP contribution is 2.44. The fourth-order valence-electron chi connectivity index (χ4n) is 4.77. The maximum absolute atomic E-state index is 13.4. The van der Waals surface area contributed by atoms with Crippen molar-refractivity contribution >= 4 is 6.29 Å². The minimum absolute atomic E-state index is 0.136. The second-order valence-electron chi connectivity index (χ2n) is 7.59. The fourth-order valence-corrected chi connectivity index (χ4v) is 4.77. The topological polar surface area (TPSA) is 17.1 Å². The Morgan fingerprint density at radius 2 is 1.33 bits per heavy atom. The van der Waals surface area contributed by atoms with Crippen molar-refractivity contribution < 1.29 is 18.0 Å². The Kier molecular flexibility index (Phi) is 5.62. The van der Waals surface area contributed by atoms with Crippen LogP contribution >= 0.6 is 0 Å². The van der Waals surface area contributed by atoms with E-state index in [0.29, 0.717) is 23.8 Å². The smallest absolute Gasteiger partial charge is 0.194 e. The van der Waals surface area contributed by atoms with E-state index in [1.54, 1.807) is 0 Å². The van der Waals surface area contributed by atoms with Crippen molar-refractivity contribution in [3.63, 3.8) is 0 Å². The molecule has 0 saturated heterocycles. The summed E-state index contributed by atoms with van der Waals surface area (Å²) in [5.74, 6) is -1.41. The average Bonchev–Trinajstić information content (AvgIpc) is 2.60. The Labute approximate surface area is 141 Å². The summed E-state index contributed by atoms with van der Waals surface area (Å²) in [5.41, 5.74) is 0.597. The van der Waals surface area contributed by atoms with Crippen molar-refractivity contribution in [1.82, 2.24) is 0 Å². The number of hydrogen-bond acceptors (Lipinski definition) is 1. The van der Waals surface area contributed by atoms with Gasteiger partial charge >= 0.3 is 0 Å². The Bertz CT molecular complexity index is 547. The number of halogens is 3. The third-order valence-electron chi connectivity index (χ3n) is 6.24. The second-order valence-corrected chi connectivity index (χ2v) is 7.59. The lowest BCUT2D eigenvalue weighted by Gasteiger charge is -2.37. The van der Waals surface area contributed by atoms with Gasteiger partial charge in [0, 0.05) is 6.42 Å². The highest BCUT2D eigenvalue weighted by Gasteiger charge is 2.31. The lowest BCUT2D eigenvalue weighted by Crippen LogP contribution is -2.25. The van der Waals surface area contributed by atoms with Crippen LogP contribution in [0.5, 0.6) is 0 Å². The first-order chi connectivity index (χ1) is 11.6. The van der Waals surface area contributed by atoms with Crippen LogP contribution in [0.1, 0.15) is 69.3 Å². The molecule has 1 nitrogen and oxygen atoms in total. The summed E-state index contributed by atoms with van der Waals surface area (Å²) in [5, 5.41) is 0. The molecular formula is C20H25F3O. The average molecular weight is 338 g/mol. The highest BCUT2D eigenvalue weighted by atomic mass is 19.2. The molecule has 0 N–H and O–H groups in total. The van der Waals surface area contributed by atoms with Crippen molar-refractivity contribution in [1.29, 1.82) is 0 Å². The molecular weight excluding hydrogens is 313 g/mol. The van der Waals surface area contributed by atoms with Gasteiger partial charge in [-0.3, -0.25) is 0 Å². The molecule has 0 radical (unpaired) electrons. The van der Waals surface area contributed by atoms with E-state index in [1.165, 1.54) is 12.8 Å². The minimum atomic E-state index is -1.38. The summed E-state index contributed by atoms with van der Waals surface area (Å²) in [6.07, 6.45) is 10.4. The normalized spacial score (nSPS) is 31.0. The van der Waals surface area contributed by atoms with E-state index in [-0.39, 0.29) is 5.92 Å². The number of benzene rings is 1. The largest absolute Gasteiger partial charge is 0.303 e. The zero-order chi connectivity index (χ0) is 17.1. The number of hydrogen-bond donors (Lipinski definition) is 0. The quantitative estimate of drug-likeness (QED) is 0.503. The molecule has 2 fully saturated rings. The molecule has 24 heavy (non-hydrogen) atoms. The molecule has 0 aromatic heterocycles. The summed E-state index contributed by atoms with van der Waals surface area (Å²) in [6, 6.07) is 2.32. The highest BCUT2D eigenvalue weighted by molar-refractivity contribution is 5.49. The Morgan fingerprint density at radius 3 is 1.83 bits per heavy atom. The van der Waals surface area contributed by atoms with Crippen LogP contribution in [0.2, 0.25) is 0 Å². The minimum Gasteiger partial charge on any atom is -0.303 e. The number of carbonyl (C=O) groups is 1. The molecule has 0 spiro atoms. The van der Waals surface area contributed by atoms with Crippen molar-refractivity contribution in [3.8, 4) is 0 Å². The molecule has 4 heteroatoms. The molecule has 2 aliphatic carbocycles. The van der Waals surface area contributed by atoms with Gasteiger partial charge in [-0.15, -0.1) is 0 Å². The van der Waals surface area contributed by atoms with Crippen LogP contribution in [0, 0.1) is 35.2 Å². The first-order valence-corrected chi connectivity index (χ1v) is 9.16. The summed E-state index contributed by atoms with van der Waals surface area (Å²) in [7, 11) is 0. The molecule has 0 amide bonds. The van der Waals surface area contributed by atoms with Crippen LogP contribution in [0.4, 0.5) is 13.2 Å². The van der Waals surface area contributed by atoms with Gasteiger partial charge in [0.15, 0.2) is 17.5 Å². The Hall–Kier alpha value is -1.32. The number of aldehydes is 1. The first-order valence-electron chi connectivity index (χ1n) is 9.16. The molecule has 1 aromatic rings. The first kappa shape index (κ1) is 17.5. The predicted molar refractivity (Wildman–Crippen MR) is 87.1 cm³/mol. The van der Waals surface area contributed by atoms with E-state index >= 15 is 0 Å². The molecule has 132 valence electrons. The van der Waals surface area contributed by atoms with Gasteiger partial charge in [-0.2, -0.15) is 0 Å². The standard InChI is InChI=1S/C20H25F3O/c21-18-11-17(12-19(22)20(18)23)16-7-5-15(6-8-16)14-3-1-13(2-4-14)9-10-24/h10-16H,1-9H2. The van der Waals surface area contributed by atoms with Crippen molar-refractivity contribution in [2.45, 2.75) is 63.7 Å². The zero-order valence-corrected chi connectivity index (χ0v) is 13.9. The SMILES string of the molecule is O=CCC1CCC(C2CCC(c3cc(F)c(F)c(F)c3)CC2)CC1. The van der Waals surface area contributed by atoms with Crippen LogP contribution in [0.15, 0.2) is 12.1 Å². The van der Waals surface area contributed by atoms with Gasteiger partial charge in [0.2, 0.25) is 0 Å². The van der Waals surface area contributed by atoms with Crippen molar-refractivity contribution in [2.75, 3.05) is 0 Å². The van der Waals surface area contributed by atoms with E-state index in [4.69, 9.17) is 0 Å². The van der Waals surface area contributed by atoms with Crippen LogP contribution < -0.4 is 0 Å². The van der Waals surface area contributed by atoms with Gasteiger partial charge in [0.1, 0.15) is 6.29 Å². The molecule has 2 saturated carbocycles. The zero-order valence-electron chi connectivity index (χ0n) is 13.9. The van der Waals surface area contributed by atoms with Gasteiger partial charge in [0.05, 0.1) is 0 Å². The Morgan fingerprint density at radius 1 is 0.833 bits per heavy atom. The van der Waals surface area contributed by atoms with Crippen LogP contribution in [0.3, 0.4) is 0 Å². The predicted octanol–water partition coefficient (Wildman–Crippen LogP) is 5.77. The molecule has 3 rings (SSSR count). The lowest BCUT2D eigenvalue weighted by atomic mass is 9.68. The van der Waals surface area contributed by atoms with Crippen LogP contribution in [-0.4, -0.2) is 6.29 Å². The maximum atomic E-state index is 13.4. The van der Waals surface area contributed by atoms with E-state index in [2.05, 4.69) is 0 Å². The van der Waals surface area contributed by atoms with E-state index in [9.17, 15) is 18.0 Å². The monoisotopic (exact) mass is 338 g/mol. The Balaban J connectivity index is 1.54. The van der Waals surface area contributed by atoms with Gasteiger partial charge in [-0.05, 0) is 92.7 Å². The van der Waals surface area contributed by atoms with Crippen molar-refractivity contribution in [3.05, 3.63) is 35.1 Å². The van der Waals surface area contributed by atoms with Gasteiger partial charge < -0.3 is 4.79 Å². The van der Waals surface area contributed by atoms with E-state index in [1.807, 2.05) is 0 Å². The molecule has 2 aliphatic rings. The summed E-state index contributed by atoms with van der Waals surface area (Å²) >= 11 is 0. The van der Waals surface area contributed by atoms with E-state index < -0.39 is 17.5 Å². The maximum Gasteiger partial charge on any atom is 0.194 e. The van der Waals surface area contributed by atoms with Gasteiger partial charge in [-0.25, -0.2) is 13.2 Å². The van der Waals surface area contributed by atoms with E-state index in [0.717, 1.165) is 62.9 Å². The number of rotatable bonds is 4. The molecule has 1 aromatic carbocycles. The van der Waals surface area contributed by atoms with Gasteiger partial charge in [0.25, 0.3) is 0 Å². The summed E-state index contributed by atoms with van der Waals surface area (Å²) < 4.78 is 39.9. The molecule has 0 unspecified atom stereocenters. The molecule has 0 atom stereocenters. The fraction of sp³-hybridized carbons (Fsp3) is 0.650. The van der Waals surface area contributed by atoms with Crippen molar-refractivity contribution in [2.24, 2.45) is 17.8 Å². The molecule has 0 heterocycles. The summed E-state index contributed by atoms with van der Waals surface area (Å²) in [4.78, 5) is 10.6. The summed E-state index contributed by atoms with van der Waals surface area (Å²) in [6.45, 7) is 0. The van der Waals surface area contributed by atoms with Crippen LogP contribution in [0.25, 0.3) is 0 Å². The van der Waals surface area contributed by atoms with Gasteiger partial charge in [-0.1, -0.05) is 0 Å². The third kappa shape index (κ3) is 3.84. The second kappa shape index (κ2) is 7.71. The third-order valence-corrected chi connectivity index (χ3v) is 6.24. The molecule has 0 bridgehead atoms. The lowest BCUT2D eigenvalue weighted by molar-refractivity contribution is -0.108. The molecule has 0 aliphatic heterocycles. The van der Waals surface area contributed by atoms with Crippen LogP contribution in [-0.2, 0) is 4.79 Å². The number of carbonyl (C=O) groups excluding carboxylic acids is 1.